The van der Waals surface area contributed by atoms with Gasteiger partial charge in [0.15, 0.2) is 5.84 Å². The van der Waals surface area contributed by atoms with Gasteiger partial charge in [0.2, 0.25) is 0 Å². The number of carbonyl (C=O) groups is 3. The van der Waals surface area contributed by atoms with Gasteiger partial charge in [-0.15, -0.1) is 0 Å². The van der Waals surface area contributed by atoms with Crippen LogP contribution in [0.3, 0.4) is 0 Å². The molecule has 2 amide bonds. The normalized spacial score (nSPS) is 14.8. The van der Waals surface area contributed by atoms with Crippen LogP contribution in [0, 0.1) is 11.8 Å². The molecule has 0 aliphatic carbocycles. The standard InChI is InChI=1S/C43H58N6O8/c1-30(2)37(46-42(52)56-43(3,4)5)40(50)57-48-39(45)34-16-20-36(21-17-34)54-28-10-24-49-25-22-31(23-26-49)13-9-27-53-35-18-14-33(15-19-35)38(44)47-41(51)55-29-32-11-7-6-8-12-32/h6-8,11-12,14-21,30-31,37H,9-10,13,22-29H2,1-5H3,(H2,45,48)(H,46,52)(H2,44,47,51)/t37-/m0/s1. The Morgan fingerprint density at radius 3 is 1.98 bits per heavy atom. The number of ether oxygens (including phenoxy) is 4. The second-order valence-corrected chi connectivity index (χ2v) is 15.3. The van der Waals surface area contributed by atoms with Crippen molar-refractivity contribution in [2.45, 2.75) is 85.0 Å². The monoisotopic (exact) mass is 786 g/mol. The number of nitrogens with zero attached hydrogens (tertiary/aromatic N) is 3. The zero-order valence-electron chi connectivity index (χ0n) is 33.8. The van der Waals surface area contributed by atoms with Crippen molar-refractivity contribution in [3.8, 4) is 11.5 Å². The first kappa shape index (κ1) is 44.1. The van der Waals surface area contributed by atoms with E-state index in [0.717, 1.165) is 50.2 Å². The highest BCUT2D eigenvalue weighted by molar-refractivity contribution is 6.02. The number of carbonyl (C=O) groups excluding carboxylic acids is 3. The first-order valence-electron chi connectivity index (χ1n) is 19.5. The maximum Gasteiger partial charge on any atom is 0.435 e. The summed E-state index contributed by atoms with van der Waals surface area (Å²) in [4.78, 5) is 48.3. The number of piperidine rings is 1. The van der Waals surface area contributed by atoms with Gasteiger partial charge in [0, 0.05) is 17.7 Å². The lowest BCUT2D eigenvalue weighted by atomic mass is 9.92. The molecule has 0 aromatic heterocycles. The predicted octanol–water partition coefficient (Wildman–Crippen LogP) is 6.78. The van der Waals surface area contributed by atoms with Crippen molar-refractivity contribution in [3.05, 3.63) is 95.6 Å². The molecule has 3 aromatic carbocycles. The number of rotatable bonds is 18. The van der Waals surface area contributed by atoms with Crippen LogP contribution in [0.25, 0.3) is 0 Å². The Morgan fingerprint density at radius 1 is 0.825 bits per heavy atom. The Kier molecular flexibility index (Phi) is 17.2. The SMILES string of the molecule is CC(C)[C@H](NC(=O)OC(C)(C)C)C(=O)ON=C(N)c1ccc(OCCCN2CCC(CCCOc3ccc(C(N)=NC(=O)OCc4ccccc4)cc3)CC2)cc1. The smallest absolute Gasteiger partial charge is 0.435 e. The van der Waals surface area contributed by atoms with Gasteiger partial charge in [-0.3, -0.25) is 0 Å². The van der Waals surface area contributed by atoms with Gasteiger partial charge in [-0.1, -0.05) is 49.3 Å². The number of nitrogens with one attached hydrogen (secondary N) is 1. The van der Waals surface area contributed by atoms with Crippen molar-refractivity contribution in [2.75, 3.05) is 32.8 Å². The molecule has 14 nitrogen and oxygen atoms in total. The number of likely N-dealkylation sites (tertiary alicyclic amines) is 1. The number of hydrogen-bond donors (Lipinski definition) is 3. The fourth-order valence-corrected chi connectivity index (χ4v) is 6.03. The summed E-state index contributed by atoms with van der Waals surface area (Å²) >= 11 is 0. The molecular formula is C43H58N6O8. The number of aliphatic imine (C=N–C) groups is 1. The van der Waals surface area contributed by atoms with Crippen LogP contribution < -0.4 is 26.3 Å². The third-order valence-corrected chi connectivity index (χ3v) is 9.16. The molecule has 14 heteroatoms. The molecule has 1 fully saturated rings. The largest absolute Gasteiger partial charge is 0.494 e. The molecule has 0 bridgehead atoms. The van der Waals surface area contributed by atoms with Gasteiger partial charge in [-0.25, -0.2) is 14.4 Å². The van der Waals surface area contributed by atoms with Gasteiger partial charge in [0.25, 0.3) is 0 Å². The highest BCUT2D eigenvalue weighted by atomic mass is 16.7. The molecule has 0 unspecified atom stereocenters. The van der Waals surface area contributed by atoms with E-state index in [1.165, 1.54) is 12.8 Å². The summed E-state index contributed by atoms with van der Waals surface area (Å²) in [5.74, 6) is 1.24. The summed E-state index contributed by atoms with van der Waals surface area (Å²) in [6.45, 7) is 13.2. The molecule has 4 rings (SSSR count). The van der Waals surface area contributed by atoms with Crippen molar-refractivity contribution >= 4 is 29.8 Å². The molecule has 1 atom stereocenters. The molecule has 0 radical (unpaired) electrons. The zero-order valence-corrected chi connectivity index (χ0v) is 33.8. The fourth-order valence-electron chi connectivity index (χ4n) is 6.03. The lowest BCUT2D eigenvalue weighted by molar-refractivity contribution is -0.147. The topological polar surface area (TPSA) is 189 Å². The van der Waals surface area contributed by atoms with E-state index < -0.39 is 29.8 Å². The molecule has 1 saturated heterocycles. The van der Waals surface area contributed by atoms with Crippen LogP contribution in [0.15, 0.2) is 89.0 Å². The first-order valence-corrected chi connectivity index (χ1v) is 19.5. The van der Waals surface area contributed by atoms with Gasteiger partial charge in [0.05, 0.1) is 13.2 Å². The third kappa shape index (κ3) is 16.2. The Bertz CT molecular complexity index is 1770. The Morgan fingerprint density at radius 2 is 1.40 bits per heavy atom. The quantitative estimate of drug-likeness (QED) is 0.0405. The molecule has 3 aromatic rings. The van der Waals surface area contributed by atoms with Crippen molar-refractivity contribution in [1.29, 1.82) is 0 Å². The average Bonchev–Trinajstić information content (AvgIpc) is 3.19. The second kappa shape index (κ2) is 22.2. The van der Waals surface area contributed by atoms with Gasteiger partial charge in [-0.05, 0) is 132 Å². The second-order valence-electron chi connectivity index (χ2n) is 15.3. The van der Waals surface area contributed by atoms with Crippen molar-refractivity contribution < 1.29 is 38.2 Å². The molecule has 5 N–H and O–H groups in total. The molecule has 1 aliphatic heterocycles. The van der Waals surface area contributed by atoms with Crippen LogP contribution >= 0.6 is 0 Å². The third-order valence-electron chi connectivity index (χ3n) is 9.16. The molecular weight excluding hydrogens is 729 g/mol. The Labute approximate surface area is 335 Å². The number of oxime groups is 1. The summed E-state index contributed by atoms with van der Waals surface area (Å²) in [5, 5.41) is 6.31. The van der Waals surface area contributed by atoms with E-state index >= 15 is 0 Å². The van der Waals surface area contributed by atoms with E-state index in [4.69, 9.17) is 35.3 Å². The number of amides is 2. The predicted molar refractivity (Wildman–Crippen MR) is 219 cm³/mol. The number of amidine groups is 2. The maximum atomic E-state index is 12.6. The van der Waals surface area contributed by atoms with Crippen LogP contribution in [0.5, 0.6) is 11.5 Å². The number of benzene rings is 3. The van der Waals surface area contributed by atoms with E-state index in [0.29, 0.717) is 36.0 Å². The van der Waals surface area contributed by atoms with Gasteiger partial charge in [0.1, 0.15) is 35.6 Å². The highest BCUT2D eigenvalue weighted by Gasteiger charge is 2.29. The zero-order chi connectivity index (χ0) is 41.2. The maximum absolute atomic E-state index is 12.6. The van der Waals surface area contributed by atoms with Crippen molar-refractivity contribution in [2.24, 2.45) is 33.5 Å². The molecule has 308 valence electrons. The average molecular weight is 787 g/mol. The lowest BCUT2D eigenvalue weighted by Gasteiger charge is -2.32. The van der Waals surface area contributed by atoms with E-state index in [1.54, 1.807) is 71.0 Å². The van der Waals surface area contributed by atoms with E-state index in [1.807, 2.05) is 42.5 Å². The minimum absolute atomic E-state index is 0.0193. The summed E-state index contributed by atoms with van der Waals surface area (Å²) in [7, 11) is 0. The Hall–Kier alpha value is -5.63. The Balaban J connectivity index is 1.06. The summed E-state index contributed by atoms with van der Waals surface area (Å²) in [6, 6.07) is 22.7. The number of alkyl carbamates (subject to hydrolysis) is 1. The van der Waals surface area contributed by atoms with E-state index in [-0.39, 0.29) is 24.2 Å². The van der Waals surface area contributed by atoms with E-state index in [2.05, 4.69) is 20.4 Å². The minimum atomic E-state index is -0.956. The molecule has 57 heavy (non-hydrogen) atoms. The summed E-state index contributed by atoms with van der Waals surface area (Å²) in [6.07, 6.45) is 3.89. The number of hydrogen-bond acceptors (Lipinski definition) is 10. The first-order chi connectivity index (χ1) is 27.3. The van der Waals surface area contributed by atoms with Crippen LogP contribution in [0.1, 0.15) is 83.4 Å². The molecule has 0 saturated carbocycles. The summed E-state index contributed by atoms with van der Waals surface area (Å²) in [5.41, 5.74) is 13.4. The number of nitrogens with two attached hydrogens (primary N) is 2. The van der Waals surface area contributed by atoms with Gasteiger partial charge >= 0.3 is 18.2 Å². The van der Waals surface area contributed by atoms with Crippen LogP contribution in [0.4, 0.5) is 9.59 Å². The summed E-state index contributed by atoms with van der Waals surface area (Å²) < 4.78 is 22.3. The van der Waals surface area contributed by atoms with Crippen LogP contribution in [-0.2, 0) is 25.7 Å². The minimum Gasteiger partial charge on any atom is -0.494 e. The van der Waals surface area contributed by atoms with Crippen molar-refractivity contribution in [3.63, 3.8) is 0 Å². The van der Waals surface area contributed by atoms with Crippen molar-refractivity contribution in [1.82, 2.24) is 10.2 Å². The molecule has 1 aliphatic rings. The molecule has 1 heterocycles. The highest BCUT2D eigenvalue weighted by Crippen LogP contribution is 2.23. The van der Waals surface area contributed by atoms with E-state index in [9.17, 15) is 14.4 Å². The fraction of sp³-hybridized carbons (Fsp3) is 0.465. The molecule has 0 spiro atoms. The van der Waals surface area contributed by atoms with Gasteiger partial charge in [-0.2, -0.15) is 4.99 Å². The van der Waals surface area contributed by atoms with Crippen LogP contribution in [0.2, 0.25) is 0 Å². The van der Waals surface area contributed by atoms with Crippen LogP contribution in [-0.4, -0.2) is 79.2 Å². The van der Waals surface area contributed by atoms with Gasteiger partial charge < -0.3 is 45.5 Å². The lowest BCUT2D eigenvalue weighted by Crippen LogP contribution is -2.46.